The van der Waals surface area contributed by atoms with E-state index in [0.717, 1.165) is 40.9 Å². The lowest BCUT2D eigenvalue weighted by Crippen LogP contribution is -2.52. The van der Waals surface area contributed by atoms with Gasteiger partial charge in [-0.25, -0.2) is 0 Å². The number of allylic oxidation sites excluding steroid dienone is 1. The van der Waals surface area contributed by atoms with Gasteiger partial charge in [-0.3, -0.25) is 9.69 Å². The number of aliphatic hydroxyl groups is 1. The topological polar surface area (TPSA) is 65.6 Å². The van der Waals surface area contributed by atoms with E-state index in [4.69, 9.17) is 4.74 Å². The number of nitrogens with zero attached hydrogens (tertiary/aromatic N) is 1. The van der Waals surface area contributed by atoms with Gasteiger partial charge in [0.2, 0.25) is 0 Å². The van der Waals surface area contributed by atoms with Crippen molar-refractivity contribution in [3.05, 3.63) is 41.1 Å². The van der Waals surface area contributed by atoms with Crippen LogP contribution in [0.2, 0.25) is 0 Å². The molecule has 2 bridgehead atoms. The van der Waals surface area contributed by atoms with Gasteiger partial charge in [-0.2, -0.15) is 0 Å². The molecule has 1 aliphatic carbocycles. The van der Waals surface area contributed by atoms with Gasteiger partial charge in [0.05, 0.1) is 12.8 Å². The molecule has 5 heteroatoms. The molecule has 2 aromatic rings. The van der Waals surface area contributed by atoms with E-state index in [1.54, 1.807) is 7.11 Å². The van der Waals surface area contributed by atoms with Crippen LogP contribution >= 0.6 is 0 Å². The monoisotopic (exact) mass is 354 g/mol. The quantitative estimate of drug-likeness (QED) is 0.814. The SMILES string of the molecule is C/C=C1\CN(C)C2Cc3c([nH]c4ccc(OC)cc34)C(=O)CC1C2CO. The van der Waals surface area contributed by atoms with Crippen LogP contribution in [-0.4, -0.2) is 54.1 Å². The second-order valence-electron chi connectivity index (χ2n) is 7.52. The van der Waals surface area contributed by atoms with Crippen molar-refractivity contribution in [2.24, 2.45) is 11.8 Å². The second kappa shape index (κ2) is 6.56. The predicted octanol–water partition coefficient (Wildman–Crippen LogP) is 2.79. The first-order valence-corrected chi connectivity index (χ1v) is 9.25. The third kappa shape index (κ3) is 2.58. The highest BCUT2D eigenvalue weighted by Crippen LogP contribution is 2.41. The molecular formula is C21H26N2O3. The number of methoxy groups -OCH3 is 1. The number of aliphatic hydroxyl groups excluding tert-OH is 1. The molecule has 4 rings (SSSR count). The van der Waals surface area contributed by atoms with E-state index in [2.05, 4.69) is 23.0 Å². The van der Waals surface area contributed by atoms with Gasteiger partial charge in [-0.1, -0.05) is 11.6 Å². The van der Waals surface area contributed by atoms with E-state index in [-0.39, 0.29) is 30.3 Å². The fourth-order valence-corrected chi connectivity index (χ4v) is 4.85. The Hall–Kier alpha value is -2.11. The minimum Gasteiger partial charge on any atom is -0.497 e. The summed E-state index contributed by atoms with van der Waals surface area (Å²) in [5, 5.41) is 11.2. The van der Waals surface area contributed by atoms with Gasteiger partial charge in [-0.15, -0.1) is 0 Å². The lowest BCUT2D eigenvalue weighted by molar-refractivity contribution is 0.0518. The number of carbonyl (C=O) groups is 1. The Morgan fingerprint density at radius 3 is 2.88 bits per heavy atom. The van der Waals surface area contributed by atoms with Crippen molar-refractivity contribution in [2.75, 3.05) is 27.3 Å². The highest BCUT2D eigenvalue weighted by Gasteiger charge is 2.42. The van der Waals surface area contributed by atoms with E-state index >= 15 is 0 Å². The maximum Gasteiger partial charge on any atom is 0.179 e. The van der Waals surface area contributed by atoms with Gasteiger partial charge in [0, 0.05) is 42.4 Å². The number of hydrogen-bond acceptors (Lipinski definition) is 4. The predicted molar refractivity (Wildman–Crippen MR) is 102 cm³/mol. The molecule has 1 aliphatic heterocycles. The van der Waals surface area contributed by atoms with Crippen LogP contribution in [0.25, 0.3) is 10.9 Å². The number of rotatable bonds is 2. The fraction of sp³-hybridized carbons (Fsp3) is 0.476. The van der Waals surface area contributed by atoms with Gasteiger partial charge >= 0.3 is 0 Å². The smallest absolute Gasteiger partial charge is 0.179 e. The highest BCUT2D eigenvalue weighted by atomic mass is 16.5. The fourth-order valence-electron chi connectivity index (χ4n) is 4.85. The maximum atomic E-state index is 13.1. The molecule has 1 aromatic carbocycles. The summed E-state index contributed by atoms with van der Waals surface area (Å²) in [7, 11) is 3.77. The molecule has 138 valence electrons. The molecule has 1 fully saturated rings. The molecule has 5 nitrogen and oxygen atoms in total. The molecule has 0 amide bonds. The highest BCUT2D eigenvalue weighted by molar-refractivity contribution is 6.03. The summed E-state index contributed by atoms with van der Waals surface area (Å²) in [6.07, 6.45) is 3.32. The summed E-state index contributed by atoms with van der Waals surface area (Å²) in [6, 6.07) is 6.11. The van der Waals surface area contributed by atoms with Crippen LogP contribution in [-0.2, 0) is 6.42 Å². The molecule has 26 heavy (non-hydrogen) atoms. The Kier molecular flexibility index (Phi) is 4.37. The average Bonchev–Trinajstić information content (AvgIpc) is 3.00. The van der Waals surface area contributed by atoms with Crippen molar-refractivity contribution in [2.45, 2.75) is 25.8 Å². The summed E-state index contributed by atoms with van der Waals surface area (Å²) in [4.78, 5) is 18.8. The van der Waals surface area contributed by atoms with Crippen molar-refractivity contribution >= 4 is 16.7 Å². The first-order valence-electron chi connectivity index (χ1n) is 9.25. The van der Waals surface area contributed by atoms with Gasteiger partial charge in [-0.05, 0) is 50.1 Å². The summed E-state index contributed by atoms with van der Waals surface area (Å²) in [5.41, 5.74) is 4.01. The Morgan fingerprint density at radius 1 is 1.38 bits per heavy atom. The van der Waals surface area contributed by atoms with Crippen LogP contribution < -0.4 is 4.74 Å². The number of carbonyl (C=O) groups excluding carboxylic acids is 1. The largest absolute Gasteiger partial charge is 0.497 e. The number of H-pyrrole nitrogens is 1. The van der Waals surface area contributed by atoms with E-state index in [9.17, 15) is 9.90 Å². The van der Waals surface area contributed by atoms with Gasteiger partial charge in [0.15, 0.2) is 5.78 Å². The zero-order valence-electron chi connectivity index (χ0n) is 15.6. The number of Topliss-reactive ketones (excluding diaryl/α,β-unsaturated/α-hetero) is 1. The number of likely N-dealkylation sites (tertiary alicyclic amines) is 1. The summed E-state index contributed by atoms with van der Waals surface area (Å²) >= 11 is 0. The van der Waals surface area contributed by atoms with Gasteiger partial charge in [0.1, 0.15) is 5.75 Å². The van der Waals surface area contributed by atoms with Crippen molar-refractivity contribution in [3.63, 3.8) is 0 Å². The van der Waals surface area contributed by atoms with Crippen LogP contribution in [0.3, 0.4) is 0 Å². The molecule has 0 radical (unpaired) electrons. The van der Waals surface area contributed by atoms with Crippen molar-refractivity contribution in [1.82, 2.24) is 9.88 Å². The van der Waals surface area contributed by atoms with Crippen LogP contribution in [0, 0.1) is 11.8 Å². The number of ketones is 1. The maximum absolute atomic E-state index is 13.1. The number of aromatic amines is 1. The third-order valence-corrected chi connectivity index (χ3v) is 6.28. The molecule has 1 aromatic heterocycles. The number of benzene rings is 1. The number of hydrogen-bond donors (Lipinski definition) is 2. The number of aromatic nitrogens is 1. The molecular weight excluding hydrogens is 328 g/mol. The summed E-state index contributed by atoms with van der Waals surface area (Å²) in [6.45, 7) is 2.99. The Labute approximate surface area is 153 Å². The van der Waals surface area contributed by atoms with Crippen LogP contribution in [0.1, 0.15) is 29.4 Å². The minimum atomic E-state index is 0.0765. The molecule has 0 spiro atoms. The first-order chi connectivity index (χ1) is 12.6. The number of piperidine rings is 1. The number of likely N-dealkylation sites (N-methyl/N-ethyl adjacent to an activating group) is 1. The molecule has 2 aliphatic rings. The standard InChI is InChI=1S/C21H26N2O3/c1-4-12-10-23(2)19-8-16-15-7-13(26-3)5-6-18(15)22-21(16)20(25)9-14(12)17(19)11-24/h4-7,14,17,19,22,24H,8-11H2,1-3H3/b12-4+. The molecule has 1 saturated heterocycles. The third-order valence-electron chi connectivity index (χ3n) is 6.28. The zero-order valence-corrected chi connectivity index (χ0v) is 15.6. The Bertz CT molecular complexity index is 883. The van der Waals surface area contributed by atoms with E-state index in [0.29, 0.717) is 6.42 Å². The van der Waals surface area contributed by atoms with Crippen LogP contribution in [0.5, 0.6) is 5.75 Å². The number of ether oxygens (including phenoxy) is 1. The molecule has 0 saturated carbocycles. The molecule has 2 N–H and O–H groups in total. The molecule has 2 heterocycles. The minimum absolute atomic E-state index is 0.0765. The van der Waals surface area contributed by atoms with Crippen molar-refractivity contribution < 1.29 is 14.6 Å². The van der Waals surface area contributed by atoms with E-state index in [1.807, 2.05) is 25.1 Å². The van der Waals surface area contributed by atoms with E-state index in [1.165, 1.54) is 5.57 Å². The lowest BCUT2D eigenvalue weighted by Gasteiger charge is -2.46. The zero-order chi connectivity index (χ0) is 18.4. The van der Waals surface area contributed by atoms with Crippen LogP contribution in [0.15, 0.2) is 29.8 Å². The molecule has 3 unspecified atom stereocenters. The van der Waals surface area contributed by atoms with E-state index < -0.39 is 0 Å². The van der Waals surface area contributed by atoms with Gasteiger partial charge in [0.25, 0.3) is 0 Å². The normalized spacial score (nSPS) is 28.1. The van der Waals surface area contributed by atoms with Crippen molar-refractivity contribution in [1.29, 1.82) is 0 Å². The van der Waals surface area contributed by atoms with Crippen LogP contribution in [0.4, 0.5) is 0 Å². The van der Waals surface area contributed by atoms with Gasteiger partial charge < -0.3 is 14.8 Å². The Morgan fingerprint density at radius 2 is 2.19 bits per heavy atom. The Balaban J connectivity index is 1.89. The number of nitrogens with one attached hydrogen (secondary N) is 1. The first kappa shape index (κ1) is 17.3. The molecule has 3 atom stereocenters. The van der Waals surface area contributed by atoms with Crippen molar-refractivity contribution in [3.8, 4) is 5.75 Å². The second-order valence-corrected chi connectivity index (χ2v) is 7.52. The summed E-state index contributed by atoms with van der Waals surface area (Å²) < 4.78 is 5.38. The summed E-state index contributed by atoms with van der Waals surface area (Å²) in [5.74, 6) is 1.12. The lowest BCUT2D eigenvalue weighted by atomic mass is 9.71. The average molecular weight is 354 g/mol. The number of fused-ring (bicyclic) bond motifs is 5.